The van der Waals surface area contributed by atoms with Gasteiger partial charge < -0.3 is 5.32 Å². The highest BCUT2D eigenvalue weighted by molar-refractivity contribution is 7.92. The Morgan fingerprint density at radius 1 is 1.19 bits per heavy atom. The van der Waals surface area contributed by atoms with Crippen LogP contribution in [0.15, 0.2) is 42.5 Å². The summed E-state index contributed by atoms with van der Waals surface area (Å²) in [6.07, 6.45) is 1.75. The third-order valence-electron chi connectivity index (χ3n) is 3.99. The van der Waals surface area contributed by atoms with Crippen LogP contribution in [-0.4, -0.2) is 27.1 Å². The lowest BCUT2D eigenvalue weighted by molar-refractivity contribution is -0.114. The van der Waals surface area contributed by atoms with E-state index in [9.17, 15) is 18.5 Å². The highest BCUT2D eigenvalue weighted by atomic mass is 32.2. The van der Waals surface area contributed by atoms with Crippen molar-refractivity contribution in [2.75, 3.05) is 22.4 Å². The zero-order valence-corrected chi connectivity index (χ0v) is 15.8. The Bertz CT molecular complexity index is 962. The van der Waals surface area contributed by atoms with Gasteiger partial charge in [0.2, 0.25) is 15.9 Å². The molecule has 0 atom stereocenters. The maximum Gasteiger partial charge on any atom is 0.245 e. The fourth-order valence-electron chi connectivity index (χ4n) is 2.68. The molecule has 0 aromatic heterocycles. The minimum atomic E-state index is -3.74. The average Bonchev–Trinajstić information content (AvgIpc) is 2.60. The van der Waals surface area contributed by atoms with Gasteiger partial charge in [-0.15, -0.1) is 0 Å². The van der Waals surface area contributed by atoms with Gasteiger partial charge in [-0.1, -0.05) is 37.3 Å². The van der Waals surface area contributed by atoms with E-state index in [0.717, 1.165) is 28.1 Å². The summed E-state index contributed by atoms with van der Waals surface area (Å²) in [4.78, 5) is 12.6. The van der Waals surface area contributed by atoms with Crippen molar-refractivity contribution < 1.29 is 13.2 Å². The van der Waals surface area contributed by atoms with Gasteiger partial charge in [0.05, 0.1) is 17.5 Å². The molecule has 0 unspecified atom stereocenters. The van der Waals surface area contributed by atoms with Crippen LogP contribution in [0.25, 0.3) is 0 Å². The van der Waals surface area contributed by atoms with Gasteiger partial charge >= 0.3 is 0 Å². The van der Waals surface area contributed by atoms with E-state index < -0.39 is 22.5 Å². The van der Waals surface area contributed by atoms with Crippen LogP contribution in [0, 0.1) is 18.3 Å². The smallest absolute Gasteiger partial charge is 0.245 e. The number of para-hydroxylation sites is 2. The first-order valence-corrected chi connectivity index (χ1v) is 9.98. The van der Waals surface area contributed by atoms with Gasteiger partial charge in [-0.3, -0.25) is 9.10 Å². The molecule has 0 heterocycles. The van der Waals surface area contributed by atoms with Gasteiger partial charge in [-0.05, 0) is 36.6 Å². The van der Waals surface area contributed by atoms with Crippen LogP contribution in [-0.2, 0) is 21.2 Å². The zero-order valence-electron chi connectivity index (χ0n) is 15.0. The molecule has 1 N–H and O–H groups in total. The third-order valence-corrected chi connectivity index (χ3v) is 5.11. The van der Waals surface area contributed by atoms with E-state index in [2.05, 4.69) is 5.32 Å². The Hall–Kier alpha value is -2.85. The van der Waals surface area contributed by atoms with E-state index in [1.54, 1.807) is 12.1 Å². The molecule has 0 saturated heterocycles. The number of aryl methyl sites for hydroxylation is 2. The lowest BCUT2D eigenvalue weighted by Crippen LogP contribution is -2.38. The molecule has 7 heteroatoms. The molecule has 2 rings (SSSR count). The molecule has 0 aliphatic carbocycles. The van der Waals surface area contributed by atoms with Crippen molar-refractivity contribution in [1.82, 2.24) is 0 Å². The summed E-state index contributed by atoms with van der Waals surface area (Å²) in [7, 11) is -3.74. The monoisotopic (exact) mass is 371 g/mol. The van der Waals surface area contributed by atoms with E-state index in [1.165, 1.54) is 12.1 Å². The Labute approximate surface area is 154 Å². The number of anilines is 2. The van der Waals surface area contributed by atoms with Crippen molar-refractivity contribution in [2.45, 2.75) is 20.3 Å². The highest BCUT2D eigenvalue weighted by Crippen LogP contribution is 2.24. The van der Waals surface area contributed by atoms with Gasteiger partial charge in [0, 0.05) is 5.69 Å². The van der Waals surface area contributed by atoms with Crippen molar-refractivity contribution in [3.63, 3.8) is 0 Å². The normalized spacial score (nSPS) is 10.8. The molecule has 0 bridgehead atoms. The molecule has 2 aromatic carbocycles. The number of nitriles is 1. The summed E-state index contributed by atoms with van der Waals surface area (Å²) in [5, 5.41) is 12.0. The van der Waals surface area contributed by atoms with Crippen molar-refractivity contribution >= 4 is 27.3 Å². The molecule has 0 aliphatic rings. The van der Waals surface area contributed by atoms with Gasteiger partial charge in [0.15, 0.2) is 0 Å². The number of hydrogen-bond donors (Lipinski definition) is 1. The summed E-state index contributed by atoms with van der Waals surface area (Å²) in [6.45, 7) is 3.46. The third kappa shape index (κ3) is 4.41. The standard InChI is InChI=1S/C19H21N3O3S/c1-4-15-10-7-8-14(2)19(15)21-18(23)13-22(26(3,24)25)17-11-6-5-9-16(17)12-20/h5-11H,4,13H2,1-3H3,(H,21,23). The van der Waals surface area contributed by atoms with E-state index in [4.69, 9.17) is 0 Å². The van der Waals surface area contributed by atoms with Crippen molar-refractivity contribution in [3.05, 3.63) is 59.2 Å². The predicted octanol–water partition coefficient (Wildman–Crippen LogP) is 2.83. The summed E-state index contributed by atoms with van der Waals surface area (Å²) < 4.78 is 25.4. The number of nitrogens with one attached hydrogen (secondary N) is 1. The number of sulfonamides is 1. The number of carbonyl (C=O) groups excluding carboxylic acids is 1. The summed E-state index contributed by atoms with van der Waals surface area (Å²) >= 11 is 0. The lowest BCUT2D eigenvalue weighted by atomic mass is 10.1. The Kier molecular flexibility index (Phi) is 6.01. The Morgan fingerprint density at radius 2 is 1.88 bits per heavy atom. The molecule has 6 nitrogen and oxygen atoms in total. The lowest BCUT2D eigenvalue weighted by Gasteiger charge is -2.23. The first kappa shape index (κ1) is 19.5. The van der Waals surface area contributed by atoms with Crippen LogP contribution in [0.3, 0.4) is 0 Å². The maximum absolute atomic E-state index is 12.6. The van der Waals surface area contributed by atoms with Crippen LogP contribution in [0.2, 0.25) is 0 Å². The number of hydrogen-bond acceptors (Lipinski definition) is 4. The SMILES string of the molecule is CCc1cccc(C)c1NC(=O)CN(c1ccccc1C#N)S(C)(=O)=O. The van der Waals surface area contributed by atoms with E-state index >= 15 is 0 Å². The molecule has 0 saturated carbocycles. The number of carbonyl (C=O) groups is 1. The van der Waals surface area contributed by atoms with Crippen LogP contribution >= 0.6 is 0 Å². The van der Waals surface area contributed by atoms with Gasteiger partial charge in [-0.25, -0.2) is 8.42 Å². The van der Waals surface area contributed by atoms with Gasteiger partial charge in [0.1, 0.15) is 12.6 Å². The molecule has 0 fully saturated rings. The fraction of sp³-hybridized carbons (Fsp3) is 0.263. The second-order valence-electron chi connectivity index (χ2n) is 5.91. The van der Waals surface area contributed by atoms with Crippen LogP contribution < -0.4 is 9.62 Å². The second-order valence-corrected chi connectivity index (χ2v) is 7.82. The molecule has 0 radical (unpaired) electrons. The highest BCUT2D eigenvalue weighted by Gasteiger charge is 2.23. The molecule has 2 aromatic rings. The number of nitrogens with zero attached hydrogens (tertiary/aromatic N) is 2. The summed E-state index contributed by atoms with van der Waals surface area (Å²) in [6, 6.07) is 14.0. The second kappa shape index (κ2) is 8.02. The maximum atomic E-state index is 12.6. The fourth-order valence-corrected chi connectivity index (χ4v) is 3.55. The number of amides is 1. The molecule has 26 heavy (non-hydrogen) atoms. The molecule has 0 aliphatic heterocycles. The summed E-state index contributed by atoms with van der Waals surface area (Å²) in [5.41, 5.74) is 2.95. The molecule has 0 spiro atoms. The number of rotatable bonds is 6. The van der Waals surface area contributed by atoms with Gasteiger partial charge in [-0.2, -0.15) is 5.26 Å². The van der Waals surface area contributed by atoms with E-state index in [1.807, 2.05) is 38.1 Å². The van der Waals surface area contributed by atoms with E-state index in [-0.39, 0.29) is 11.3 Å². The Morgan fingerprint density at radius 3 is 2.50 bits per heavy atom. The zero-order chi connectivity index (χ0) is 19.3. The predicted molar refractivity (Wildman–Crippen MR) is 103 cm³/mol. The average molecular weight is 371 g/mol. The largest absolute Gasteiger partial charge is 0.324 e. The first-order valence-electron chi connectivity index (χ1n) is 8.13. The van der Waals surface area contributed by atoms with Crippen LogP contribution in [0.4, 0.5) is 11.4 Å². The molecule has 136 valence electrons. The topological polar surface area (TPSA) is 90.3 Å². The minimum Gasteiger partial charge on any atom is -0.324 e. The van der Waals surface area contributed by atoms with Gasteiger partial charge in [0.25, 0.3) is 0 Å². The Balaban J connectivity index is 2.34. The summed E-state index contributed by atoms with van der Waals surface area (Å²) in [5.74, 6) is -0.466. The van der Waals surface area contributed by atoms with Crippen molar-refractivity contribution in [3.8, 4) is 6.07 Å². The number of benzene rings is 2. The molecule has 1 amide bonds. The quantitative estimate of drug-likeness (QED) is 0.845. The molecular weight excluding hydrogens is 350 g/mol. The van der Waals surface area contributed by atoms with Crippen molar-refractivity contribution in [1.29, 1.82) is 5.26 Å². The van der Waals surface area contributed by atoms with Crippen LogP contribution in [0.5, 0.6) is 0 Å². The minimum absolute atomic E-state index is 0.188. The van der Waals surface area contributed by atoms with Crippen molar-refractivity contribution in [2.24, 2.45) is 0 Å². The van der Waals surface area contributed by atoms with Crippen LogP contribution in [0.1, 0.15) is 23.6 Å². The molecular formula is C19H21N3O3S. The van der Waals surface area contributed by atoms with E-state index in [0.29, 0.717) is 5.69 Å². The first-order chi connectivity index (χ1) is 12.3.